The predicted molar refractivity (Wildman–Crippen MR) is 71.8 cm³/mol. The highest BCUT2D eigenvalue weighted by molar-refractivity contribution is 5.20. The zero-order valence-electron chi connectivity index (χ0n) is 11.2. The van der Waals surface area contributed by atoms with Crippen LogP contribution in [0.4, 0.5) is 4.39 Å². The van der Waals surface area contributed by atoms with Gasteiger partial charge < -0.3 is 5.32 Å². The van der Waals surface area contributed by atoms with E-state index < -0.39 is 0 Å². The van der Waals surface area contributed by atoms with E-state index in [1.807, 2.05) is 12.1 Å². The van der Waals surface area contributed by atoms with Gasteiger partial charge in [-0.25, -0.2) is 4.39 Å². The third-order valence-electron chi connectivity index (χ3n) is 3.02. The van der Waals surface area contributed by atoms with Crippen LogP contribution in [0.25, 0.3) is 0 Å². The molecule has 1 aromatic rings. The van der Waals surface area contributed by atoms with Gasteiger partial charge in [0, 0.05) is 12.6 Å². The smallest absolute Gasteiger partial charge is 0.123 e. The van der Waals surface area contributed by atoms with E-state index in [2.05, 4.69) is 26.1 Å². The molecule has 1 atom stereocenters. The second-order valence-electron chi connectivity index (χ2n) is 4.95. The molecule has 0 saturated carbocycles. The Labute approximate surface area is 104 Å². The highest BCUT2D eigenvalue weighted by atomic mass is 19.1. The summed E-state index contributed by atoms with van der Waals surface area (Å²) in [6, 6.07) is 7.45. The lowest BCUT2D eigenvalue weighted by atomic mass is 9.93. The average Bonchev–Trinajstić information content (AvgIpc) is 2.30. The molecule has 0 aliphatic rings. The first kappa shape index (κ1) is 14.2. The average molecular weight is 237 g/mol. The Balaban J connectivity index is 2.63. The van der Waals surface area contributed by atoms with Gasteiger partial charge in [0.1, 0.15) is 5.82 Å². The Bertz CT molecular complexity index is 305. The van der Waals surface area contributed by atoms with Crippen LogP contribution >= 0.6 is 0 Å². The van der Waals surface area contributed by atoms with Crippen molar-refractivity contribution in [1.82, 2.24) is 5.32 Å². The molecule has 2 heteroatoms. The summed E-state index contributed by atoms with van der Waals surface area (Å²) in [7, 11) is 0. The summed E-state index contributed by atoms with van der Waals surface area (Å²) in [5, 5.41) is 3.47. The van der Waals surface area contributed by atoms with Gasteiger partial charge in [0.25, 0.3) is 0 Å². The fraction of sp³-hybridized carbons (Fsp3) is 0.600. The molecule has 1 rings (SSSR count). The molecule has 0 aromatic heterocycles. The number of nitrogens with one attached hydrogen (secondary N) is 1. The molecule has 1 nitrogen and oxygen atoms in total. The Morgan fingerprint density at radius 3 is 2.35 bits per heavy atom. The molecule has 96 valence electrons. The SMILES string of the molecule is CCCCC(CNC(C)C)c1ccc(F)cc1. The molecule has 0 fully saturated rings. The zero-order valence-corrected chi connectivity index (χ0v) is 11.2. The van der Waals surface area contributed by atoms with Gasteiger partial charge >= 0.3 is 0 Å². The van der Waals surface area contributed by atoms with E-state index in [4.69, 9.17) is 0 Å². The summed E-state index contributed by atoms with van der Waals surface area (Å²) in [5.41, 5.74) is 1.24. The number of halogens is 1. The Kier molecular flexibility index (Phi) is 6.20. The summed E-state index contributed by atoms with van der Waals surface area (Å²) in [6.07, 6.45) is 3.60. The van der Waals surface area contributed by atoms with E-state index in [0.717, 1.165) is 6.54 Å². The third-order valence-corrected chi connectivity index (χ3v) is 3.02. The van der Waals surface area contributed by atoms with E-state index in [1.165, 1.54) is 24.8 Å². The fourth-order valence-corrected chi connectivity index (χ4v) is 1.95. The first-order chi connectivity index (χ1) is 8.13. The van der Waals surface area contributed by atoms with Crippen molar-refractivity contribution in [2.75, 3.05) is 6.54 Å². The first-order valence-corrected chi connectivity index (χ1v) is 6.62. The summed E-state index contributed by atoms with van der Waals surface area (Å²) >= 11 is 0. The third kappa shape index (κ3) is 5.31. The zero-order chi connectivity index (χ0) is 12.7. The molecule has 0 aliphatic carbocycles. The monoisotopic (exact) mass is 237 g/mol. The summed E-state index contributed by atoms with van der Waals surface area (Å²) < 4.78 is 12.9. The van der Waals surface area contributed by atoms with Crippen LogP contribution in [0, 0.1) is 5.82 Å². The van der Waals surface area contributed by atoms with Crippen molar-refractivity contribution in [3.8, 4) is 0 Å². The maximum absolute atomic E-state index is 12.9. The van der Waals surface area contributed by atoms with Crippen LogP contribution < -0.4 is 5.32 Å². The quantitative estimate of drug-likeness (QED) is 0.753. The van der Waals surface area contributed by atoms with E-state index in [9.17, 15) is 4.39 Å². The lowest BCUT2D eigenvalue weighted by Crippen LogP contribution is -2.28. The first-order valence-electron chi connectivity index (χ1n) is 6.62. The number of hydrogen-bond donors (Lipinski definition) is 1. The Morgan fingerprint density at radius 1 is 1.18 bits per heavy atom. The number of hydrogen-bond acceptors (Lipinski definition) is 1. The molecular formula is C15H24FN. The van der Waals surface area contributed by atoms with Gasteiger partial charge in [0.05, 0.1) is 0 Å². The Morgan fingerprint density at radius 2 is 1.82 bits per heavy atom. The molecule has 0 saturated heterocycles. The molecule has 0 radical (unpaired) electrons. The van der Waals surface area contributed by atoms with Crippen molar-refractivity contribution in [2.24, 2.45) is 0 Å². The van der Waals surface area contributed by atoms with E-state index in [1.54, 1.807) is 12.1 Å². The minimum atomic E-state index is -0.153. The molecule has 0 bridgehead atoms. The number of benzene rings is 1. The van der Waals surface area contributed by atoms with Gasteiger partial charge in [-0.3, -0.25) is 0 Å². The maximum Gasteiger partial charge on any atom is 0.123 e. The van der Waals surface area contributed by atoms with Crippen molar-refractivity contribution in [1.29, 1.82) is 0 Å². The molecule has 1 N–H and O–H groups in total. The van der Waals surface area contributed by atoms with Crippen molar-refractivity contribution in [3.05, 3.63) is 35.6 Å². The second-order valence-corrected chi connectivity index (χ2v) is 4.95. The molecule has 1 unspecified atom stereocenters. The van der Waals surface area contributed by atoms with Gasteiger partial charge in [-0.05, 0) is 30.0 Å². The van der Waals surface area contributed by atoms with Crippen molar-refractivity contribution >= 4 is 0 Å². The minimum absolute atomic E-state index is 0.153. The summed E-state index contributed by atoms with van der Waals surface area (Å²) in [4.78, 5) is 0. The van der Waals surface area contributed by atoms with Crippen molar-refractivity contribution in [2.45, 2.75) is 52.0 Å². The largest absolute Gasteiger partial charge is 0.314 e. The molecular weight excluding hydrogens is 213 g/mol. The maximum atomic E-state index is 12.9. The van der Waals surface area contributed by atoms with Crippen molar-refractivity contribution < 1.29 is 4.39 Å². The van der Waals surface area contributed by atoms with Gasteiger partial charge in [-0.2, -0.15) is 0 Å². The van der Waals surface area contributed by atoms with Crippen LogP contribution in [0.5, 0.6) is 0 Å². The molecule has 17 heavy (non-hydrogen) atoms. The van der Waals surface area contributed by atoms with Gasteiger partial charge in [-0.15, -0.1) is 0 Å². The van der Waals surface area contributed by atoms with E-state index in [0.29, 0.717) is 12.0 Å². The van der Waals surface area contributed by atoms with Crippen LogP contribution in [-0.4, -0.2) is 12.6 Å². The van der Waals surface area contributed by atoms with Gasteiger partial charge in [0.15, 0.2) is 0 Å². The van der Waals surface area contributed by atoms with E-state index >= 15 is 0 Å². The molecule has 0 heterocycles. The van der Waals surface area contributed by atoms with Crippen LogP contribution in [0.15, 0.2) is 24.3 Å². The fourth-order valence-electron chi connectivity index (χ4n) is 1.95. The van der Waals surface area contributed by atoms with E-state index in [-0.39, 0.29) is 5.82 Å². The summed E-state index contributed by atoms with van der Waals surface area (Å²) in [5.74, 6) is 0.345. The van der Waals surface area contributed by atoms with Crippen LogP contribution in [0.3, 0.4) is 0 Å². The van der Waals surface area contributed by atoms with Gasteiger partial charge in [-0.1, -0.05) is 45.7 Å². The standard InChI is InChI=1S/C15H24FN/c1-4-5-6-14(11-17-12(2)3)13-7-9-15(16)10-8-13/h7-10,12,14,17H,4-6,11H2,1-3H3. The highest BCUT2D eigenvalue weighted by Gasteiger charge is 2.11. The lowest BCUT2D eigenvalue weighted by molar-refractivity contribution is 0.494. The minimum Gasteiger partial charge on any atom is -0.314 e. The lowest BCUT2D eigenvalue weighted by Gasteiger charge is -2.19. The summed E-state index contributed by atoms with van der Waals surface area (Å²) in [6.45, 7) is 7.49. The van der Waals surface area contributed by atoms with Crippen LogP contribution in [0.1, 0.15) is 51.5 Å². The topological polar surface area (TPSA) is 12.0 Å². The molecule has 0 aliphatic heterocycles. The second kappa shape index (κ2) is 7.44. The normalized spacial score (nSPS) is 13.0. The predicted octanol–water partition coefficient (Wildman–Crippen LogP) is 4.10. The van der Waals surface area contributed by atoms with Crippen molar-refractivity contribution in [3.63, 3.8) is 0 Å². The van der Waals surface area contributed by atoms with Gasteiger partial charge in [0.2, 0.25) is 0 Å². The number of unbranched alkanes of at least 4 members (excludes halogenated alkanes) is 1. The Hall–Kier alpha value is -0.890. The number of rotatable bonds is 7. The molecule has 0 spiro atoms. The van der Waals surface area contributed by atoms with Crippen LogP contribution in [-0.2, 0) is 0 Å². The van der Waals surface area contributed by atoms with Crippen LogP contribution in [0.2, 0.25) is 0 Å². The molecule has 1 aromatic carbocycles. The molecule has 0 amide bonds. The highest BCUT2D eigenvalue weighted by Crippen LogP contribution is 2.21.